The van der Waals surface area contributed by atoms with E-state index in [1.54, 1.807) is 65.4 Å². The van der Waals surface area contributed by atoms with Crippen LogP contribution in [0.4, 0.5) is 0 Å². The minimum atomic E-state index is -0.173. The van der Waals surface area contributed by atoms with Gasteiger partial charge in [0.1, 0.15) is 11.6 Å². The van der Waals surface area contributed by atoms with E-state index in [4.69, 9.17) is 32.9 Å². The van der Waals surface area contributed by atoms with Crippen LogP contribution in [0.25, 0.3) is 16.6 Å². The molecule has 5 aromatic rings. The van der Waals surface area contributed by atoms with Gasteiger partial charge in [-0.15, -0.1) is 0 Å². The molecule has 0 spiro atoms. The molecule has 3 aromatic carbocycles. The highest BCUT2D eigenvalue weighted by Crippen LogP contribution is 2.23. The number of pyridine rings is 1. The molecule has 202 valence electrons. The van der Waals surface area contributed by atoms with Crippen molar-refractivity contribution in [3.63, 3.8) is 0 Å². The van der Waals surface area contributed by atoms with Crippen LogP contribution in [0.15, 0.2) is 96.1 Å². The number of nitrogens with zero attached hydrogens (tertiary/aromatic N) is 4. The van der Waals surface area contributed by atoms with Crippen LogP contribution in [0, 0.1) is 0 Å². The van der Waals surface area contributed by atoms with Crippen molar-refractivity contribution in [3.8, 4) is 11.4 Å². The summed E-state index contributed by atoms with van der Waals surface area (Å²) in [5, 5.41) is 1.35. The average Bonchev–Trinajstić information content (AvgIpc) is 2.98. The smallest absolute Gasteiger partial charge is 0.265 e. The summed E-state index contributed by atoms with van der Waals surface area (Å²) in [7, 11) is 1.59. The van der Waals surface area contributed by atoms with E-state index >= 15 is 0 Å². The van der Waals surface area contributed by atoms with Gasteiger partial charge in [-0.05, 0) is 71.8 Å². The Labute approximate surface area is 241 Å². The summed E-state index contributed by atoms with van der Waals surface area (Å²) in [5.41, 5.74) is 2.81. The first-order valence-corrected chi connectivity index (χ1v) is 13.4. The van der Waals surface area contributed by atoms with Gasteiger partial charge in [-0.3, -0.25) is 19.1 Å². The van der Waals surface area contributed by atoms with Crippen LogP contribution in [0.5, 0.6) is 5.75 Å². The van der Waals surface area contributed by atoms with Gasteiger partial charge in [0, 0.05) is 31.9 Å². The first kappa shape index (κ1) is 27.4. The van der Waals surface area contributed by atoms with Crippen LogP contribution in [-0.4, -0.2) is 39.0 Å². The van der Waals surface area contributed by atoms with Gasteiger partial charge >= 0.3 is 0 Å². The Morgan fingerprint density at radius 1 is 0.925 bits per heavy atom. The first-order chi connectivity index (χ1) is 19.4. The Kier molecular flexibility index (Phi) is 8.43. The van der Waals surface area contributed by atoms with Gasteiger partial charge in [0.15, 0.2) is 0 Å². The second kappa shape index (κ2) is 12.3. The molecule has 2 heterocycles. The lowest BCUT2D eigenvalue weighted by Gasteiger charge is -2.24. The van der Waals surface area contributed by atoms with Crippen LogP contribution < -0.4 is 10.3 Å². The average molecular weight is 573 g/mol. The van der Waals surface area contributed by atoms with Crippen molar-refractivity contribution in [3.05, 3.63) is 129 Å². The SMILES string of the molecule is COc1ccc(-n2c(CCN(Cc3ccncc3)C(=O)Cc3ccc(Cl)c(Cl)c3)nc3ccccc3c2=O)cc1. The third-order valence-electron chi connectivity index (χ3n) is 6.60. The molecule has 0 fully saturated rings. The van der Waals surface area contributed by atoms with Crippen LogP contribution in [0.1, 0.15) is 17.0 Å². The number of fused-ring (bicyclic) bond motifs is 1. The molecule has 0 aliphatic heterocycles. The van der Waals surface area contributed by atoms with Crippen molar-refractivity contribution in [1.82, 2.24) is 19.4 Å². The number of ether oxygens (including phenoxy) is 1. The second-order valence-corrected chi connectivity index (χ2v) is 10.0. The Balaban J connectivity index is 1.49. The summed E-state index contributed by atoms with van der Waals surface area (Å²) < 4.78 is 6.90. The van der Waals surface area contributed by atoms with Gasteiger partial charge in [0.05, 0.1) is 40.2 Å². The largest absolute Gasteiger partial charge is 0.497 e. The number of amides is 1. The molecule has 0 bridgehead atoms. The van der Waals surface area contributed by atoms with Gasteiger partial charge in [-0.2, -0.15) is 0 Å². The predicted octanol–water partition coefficient (Wildman–Crippen LogP) is 5.91. The van der Waals surface area contributed by atoms with E-state index in [1.807, 2.05) is 42.5 Å². The molecule has 0 saturated carbocycles. The highest BCUT2D eigenvalue weighted by atomic mass is 35.5. The maximum Gasteiger partial charge on any atom is 0.265 e. The van der Waals surface area contributed by atoms with Crippen LogP contribution >= 0.6 is 23.2 Å². The van der Waals surface area contributed by atoms with Gasteiger partial charge < -0.3 is 9.64 Å². The monoisotopic (exact) mass is 572 g/mol. The molecule has 2 aromatic heterocycles. The Morgan fingerprint density at radius 2 is 1.68 bits per heavy atom. The van der Waals surface area contributed by atoms with E-state index in [9.17, 15) is 9.59 Å². The highest BCUT2D eigenvalue weighted by molar-refractivity contribution is 6.42. The zero-order chi connectivity index (χ0) is 28.1. The van der Waals surface area contributed by atoms with Crippen molar-refractivity contribution in [2.24, 2.45) is 0 Å². The lowest BCUT2D eigenvalue weighted by atomic mass is 10.1. The standard InChI is InChI=1S/C31H26Cl2N4O3/c1-40-24-9-7-23(8-10-24)37-29(35-28-5-3-2-4-25(28)31(37)39)14-17-36(20-21-12-15-34-16-13-21)30(38)19-22-6-11-26(32)27(33)18-22/h2-13,15-16,18H,14,17,19-20H2,1H3. The fourth-order valence-electron chi connectivity index (χ4n) is 4.52. The molecule has 5 rings (SSSR count). The van der Waals surface area contributed by atoms with Crippen LogP contribution in [0.3, 0.4) is 0 Å². The molecule has 0 unspecified atom stereocenters. The molecular weight excluding hydrogens is 547 g/mol. The third kappa shape index (κ3) is 6.17. The van der Waals surface area contributed by atoms with Crippen molar-refractivity contribution >= 4 is 40.0 Å². The fourth-order valence-corrected chi connectivity index (χ4v) is 4.84. The lowest BCUT2D eigenvalue weighted by Crippen LogP contribution is -2.35. The predicted molar refractivity (Wildman–Crippen MR) is 157 cm³/mol. The van der Waals surface area contributed by atoms with E-state index in [0.29, 0.717) is 57.7 Å². The highest BCUT2D eigenvalue weighted by Gasteiger charge is 2.19. The molecule has 0 aliphatic carbocycles. The van der Waals surface area contributed by atoms with E-state index < -0.39 is 0 Å². The molecule has 0 saturated heterocycles. The number of halogens is 2. The maximum atomic E-state index is 13.7. The maximum absolute atomic E-state index is 13.7. The first-order valence-electron chi connectivity index (χ1n) is 12.7. The molecule has 0 atom stereocenters. The molecular formula is C31H26Cl2N4O3. The molecule has 0 aliphatic rings. The molecule has 0 N–H and O–H groups in total. The Morgan fingerprint density at radius 3 is 2.40 bits per heavy atom. The van der Waals surface area contributed by atoms with Crippen molar-refractivity contribution < 1.29 is 9.53 Å². The van der Waals surface area contributed by atoms with E-state index in [-0.39, 0.29) is 17.9 Å². The van der Waals surface area contributed by atoms with Crippen LogP contribution in [0.2, 0.25) is 10.0 Å². The minimum absolute atomic E-state index is 0.0886. The molecule has 7 nitrogen and oxygen atoms in total. The summed E-state index contributed by atoms with van der Waals surface area (Å²) in [4.78, 5) is 37.9. The summed E-state index contributed by atoms with van der Waals surface area (Å²) in [6.07, 6.45) is 3.90. The number of rotatable bonds is 9. The van der Waals surface area contributed by atoms with Crippen molar-refractivity contribution in [2.75, 3.05) is 13.7 Å². The normalized spacial score (nSPS) is 11.0. The summed E-state index contributed by atoms with van der Waals surface area (Å²) >= 11 is 12.3. The second-order valence-electron chi connectivity index (χ2n) is 9.23. The molecule has 0 radical (unpaired) electrons. The number of hydrogen-bond acceptors (Lipinski definition) is 5. The Bertz CT molecular complexity index is 1710. The van der Waals surface area contributed by atoms with Gasteiger partial charge in [-0.1, -0.05) is 41.4 Å². The van der Waals surface area contributed by atoms with Gasteiger partial charge in [-0.25, -0.2) is 4.98 Å². The number of hydrogen-bond donors (Lipinski definition) is 0. The number of methoxy groups -OCH3 is 1. The van der Waals surface area contributed by atoms with E-state index in [2.05, 4.69) is 4.98 Å². The molecule has 40 heavy (non-hydrogen) atoms. The van der Waals surface area contributed by atoms with E-state index in [0.717, 1.165) is 11.1 Å². The number of carbonyl (C=O) groups is 1. The zero-order valence-corrected chi connectivity index (χ0v) is 23.3. The van der Waals surface area contributed by atoms with Gasteiger partial charge in [0.2, 0.25) is 5.91 Å². The van der Waals surface area contributed by atoms with Crippen LogP contribution in [-0.2, 0) is 24.2 Å². The van der Waals surface area contributed by atoms with E-state index in [1.165, 1.54) is 0 Å². The Hall–Kier alpha value is -4.20. The quantitative estimate of drug-likeness (QED) is 0.219. The molecule has 1 amide bonds. The van der Waals surface area contributed by atoms with Crippen molar-refractivity contribution in [2.45, 2.75) is 19.4 Å². The number of aromatic nitrogens is 3. The van der Waals surface area contributed by atoms with Gasteiger partial charge in [0.25, 0.3) is 5.56 Å². The topological polar surface area (TPSA) is 77.3 Å². The summed E-state index contributed by atoms with van der Waals surface area (Å²) in [6, 6.07) is 23.5. The molecule has 9 heteroatoms. The lowest BCUT2D eigenvalue weighted by molar-refractivity contribution is -0.131. The number of para-hydroxylation sites is 1. The third-order valence-corrected chi connectivity index (χ3v) is 7.34. The summed E-state index contributed by atoms with van der Waals surface area (Å²) in [6.45, 7) is 0.715. The van der Waals surface area contributed by atoms with Crippen molar-refractivity contribution in [1.29, 1.82) is 0 Å². The fraction of sp³-hybridized carbons (Fsp3) is 0.161. The number of carbonyl (C=O) groups excluding carboxylic acids is 1. The minimum Gasteiger partial charge on any atom is -0.497 e. The zero-order valence-electron chi connectivity index (χ0n) is 21.8. The number of benzene rings is 3. The summed E-state index contributed by atoms with van der Waals surface area (Å²) in [5.74, 6) is 1.15.